The second kappa shape index (κ2) is 8.60. The van der Waals surface area contributed by atoms with Crippen LogP contribution in [0.5, 0.6) is 0 Å². The zero-order valence-corrected chi connectivity index (χ0v) is 10.4. The van der Waals surface area contributed by atoms with Gasteiger partial charge in [-0.25, -0.2) is 0 Å². The van der Waals surface area contributed by atoms with Crippen LogP contribution < -0.4 is 80.9 Å². The number of hydrogen-bond donors (Lipinski definition) is 0. The summed E-state index contributed by atoms with van der Waals surface area (Å²) < 4.78 is 4.94. The van der Waals surface area contributed by atoms with Crippen LogP contribution in [0.1, 0.15) is 15.7 Å². The minimum atomic E-state index is 0. The van der Waals surface area contributed by atoms with E-state index in [2.05, 4.69) is 0 Å². The zero-order valence-electron chi connectivity index (χ0n) is 7.24. The maximum Gasteiger partial charge on any atom is 1.00 e. The predicted molar refractivity (Wildman–Crippen MR) is 22.3 cm³/mol. The average Bonchev–Trinajstić information content (AvgIpc) is 1.76. The van der Waals surface area contributed by atoms with E-state index >= 15 is 0 Å². The molecule has 3 heteroatoms. The largest absolute Gasteiger partial charge is 1.00 e. The Labute approximate surface area is 112 Å². The van der Waals surface area contributed by atoms with Crippen molar-refractivity contribution in [2.75, 3.05) is 13.2 Å². The molecule has 0 unspecified atom stereocenters. The van der Waals surface area contributed by atoms with Gasteiger partial charge in [0.25, 0.3) is 0 Å². The summed E-state index contributed by atoms with van der Waals surface area (Å²) in [5.41, 5.74) is 0. The van der Waals surface area contributed by atoms with Gasteiger partial charge in [0.2, 0.25) is 0 Å². The Morgan fingerprint density at radius 1 is 1.14 bits per heavy atom. The third-order valence-electron chi connectivity index (χ3n) is 0.827. The van der Waals surface area contributed by atoms with E-state index in [1.54, 1.807) is 0 Å². The van der Waals surface area contributed by atoms with Gasteiger partial charge in [-0.15, -0.1) is 0 Å². The fraction of sp³-hybridized carbons (Fsp3) is 1.00. The molecule has 0 N–H and O–H groups in total. The van der Waals surface area contributed by atoms with Crippen LogP contribution in [0.25, 0.3) is 0 Å². The molecular formula is C4H10KNaO. The molecule has 34 valence electrons. The molecule has 0 saturated carbocycles. The third kappa shape index (κ3) is 6.48. The Bertz CT molecular complexity index is 30.1. The van der Waals surface area contributed by atoms with E-state index in [0.717, 1.165) is 13.2 Å². The maximum absolute atomic E-state index is 4.94. The van der Waals surface area contributed by atoms with E-state index in [0.29, 0.717) is 0 Å². The van der Waals surface area contributed by atoms with Gasteiger partial charge in [0.05, 0.1) is 0 Å². The molecule has 0 aromatic heterocycles. The normalized spacial score (nSPS) is 17.1. The second-order valence-corrected chi connectivity index (χ2v) is 1.32. The summed E-state index contributed by atoms with van der Waals surface area (Å²) in [7, 11) is 0. The maximum atomic E-state index is 4.94. The van der Waals surface area contributed by atoms with Crippen molar-refractivity contribution in [2.45, 2.75) is 12.8 Å². The molecule has 1 nitrogen and oxygen atoms in total. The summed E-state index contributed by atoms with van der Waals surface area (Å²) in [5.74, 6) is 0. The molecule has 1 heterocycles. The molecule has 7 heavy (non-hydrogen) atoms. The first-order valence-corrected chi connectivity index (χ1v) is 2.08. The molecule has 0 radical (unpaired) electrons. The molecule has 0 amide bonds. The topological polar surface area (TPSA) is 9.23 Å². The van der Waals surface area contributed by atoms with Gasteiger partial charge in [-0.1, -0.05) is 0 Å². The molecule has 1 aliphatic rings. The van der Waals surface area contributed by atoms with Gasteiger partial charge in [-0.3, -0.25) is 0 Å². The Morgan fingerprint density at radius 2 is 1.57 bits per heavy atom. The number of ether oxygens (including phenoxy) is 1. The fourth-order valence-corrected chi connectivity index (χ4v) is 0.510. The second-order valence-electron chi connectivity index (χ2n) is 1.32. The molecule has 1 fully saturated rings. The molecule has 0 aromatic carbocycles. The summed E-state index contributed by atoms with van der Waals surface area (Å²) in [4.78, 5) is 0. The van der Waals surface area contributed by atoms with Gasteiger partial charge >= 0.3 is 80.9 Å². The summed E-state index contributed by atoms with van der Waals surface area (Å²) in [6.45, 7) is 2.00. The molecular weight excluding hydrogens is 126 g/mol. The van der Waals surface area contributed by atoms with Crippen molar-refractivity contribution < 1.29 is 88.5 Å². The number of hydrogen-bond acceptors (Lipinski definition) is 1. The third-order valence-corrected chi connectivity index (χ3v) is 0.827. The van der Waals surface area contributed by atoms with Crippen molar-refractivity contribution in [2.24, 2.45) is 0 Å². The van der Waals surface area contributed by atoms with Gasteiger partial charge in [0.1, 0.15) is 0 Å². The minimum Gasteiger partial charge on any atom is -1.00 e. The molecule has 0 aromatic rings. The fourth-order valence-electron chi connectivity index (χ4n) is 0.510. The van der Waals surface area contributed by atoms with Crippen molar-refractivity contribution in [3.63, 3.8) is 0 Å². The SMILES string of the molecule is C1CCOC1.[H-].[H-].[K+].[Na+]. The molecule has 0 bridgehead atoms. The van der Waals surface area contributed by atoms with Crippen LogP contribution in [0.15, 0.2) is 0 Å². The van der Waals surface area contributed by atoms with Crippen LogP contribution in [0, 0.1) is 0 Å². The zero-order chi connectivity index (χ0) is 3.54. The Morgan fingerprint density at radius 3 is 1.71 bits per heavy atom. The van der Waals surface area contributed by atoms with Crippen LogP contribution in [0.4, 0.5) is 0 Å². The number of rotatable bonds is 0. The predicted octanol–water partition coefficient (Wildman–Crippen LogP) is -4.97. The monoisotopic (exact) mass is 136 g/mol. The van der Waals surface area contributed by atoms with Crippen molar-refractivity contribution in [3.05, 3.63) is 0 Å². The van der Waals surface area contributed by atoms with E-state index in [-0.39, 0.29) is 83.8 Å². The van der Waals surface area contributed by atoms with Gasteiger partial charge in [0.15, 0.2) is 0 Å². The van der Waals surface area contributed by atoms with Crippen LogP contribution >= 0.6 is 0 Å². The van der Waals surface area contributed by atoms with E-state index in [4.69, 9.17) is 4.74 Å². The molecule has 0 aliphatic carbocycles. The van der Waals surface area contributed by atoms with E-state index < -0.39 is 0 Å². The summed E-state index contributed by atoms with van der Waals surface area (Å²) in [6.07, 6.45) is 2.56. The van der Waals surface area contributed by atoms with Gasteiger partial charge < -0.3 is 7.59 Å². The van der Waals surface area contributed by atoms with Crippen molar-refractivity contribution in [1.29, 1.82) is 0 Å². The average molecular weight is 136 g/mol. The molecule has 1 rings (SSSR count). The van der Waals surface area contributed by atoms with Gasteiger partial charge in [0, 0.05) is 13.2 Å². The van der Waals surface area contributed by atoms with Gasteiger partial charge in [-0.05, 0) is 12.8 Å². The Kier molecular flexibility index (Phi) is 15.1. The standard InChI is InChI=1S/C4H8O.K.Na.2H/c1-2-4-5-3-1;;;;/h1-4H2;;;;/q;2*+1;2*-1. The first-order valence-electron chi connectivity index (χ1n) is 2.08. The van der Waals surface area contributed by atoms with Crippen molar-refractivity contribution in [1.82, 2.24) is 0 Å². The first kappa shape index (κ1) is 12.3. The minimum absolute atomic E-state index is 0. The first-order chi connectivity index (χ1) is 2.50. The van der Waals surface area contributed by atoms with Crippen molar-refractivity contribution >= 4 is 0 Å². The van der Waals surface area contributed by atoms with E-state index in [9.17, 15) is 0 Å². The van der Waals surface area contributed by atoms with Crippen LogP contribution in [0.3, 0.4) is 0 Å². The smallest absolute Gasteiger partial charge is 1.00 e. The molecule has 0 atom stereocenters. The summed E-state index contributed by atoms with van der Waals surface area (Å²) in [5, 5.41) is 0. The quantitative estimate of drug-likeness (QED) is 0.303. The van der Waals surface area contributed by atoms with Crippen LogP contribution in [-0.4, -0.2) is 13.2 Å². The Balaban J connectivity index is -0.0000000312. The van der Waals surface area contributed by atoms with E-state index in [1.807, 2.05) is 0 Å². The van der Waals surface area contributed by atoms with Crippen molar-refractivity contribution in [3.8, 4) is 0 Å². The molecule has 0 spiro atoms. The van der Waals surface area contributed by atoms with Gasteiger partial charge in [-0.2, -0.15) is 0 Å². The van der Waals surface area contributed by atoms with E-state index in [1.165, 1.54) is 12.8 Å². The summed E-state index contributed by atoms with van der Waals surface area (Å²) in [6, 6.07) is 0. The molecule has 1 aliphatic heterocycles. The van der Waals surface area contributed by atoms with Crippen LogP contribution in [-0.2, 0) is 4.74 Å². The summed E-state index contributed by atoms with van der Waals surface area (Å²) >= 11 is 0. The molecule has 1 saturated heterocycles. The Hall–Kier alpha value is 2.60. The van der Waals surface area contributed by atoms with Crippen LogP contribution in [0.2, 0.25) is 0 Å².